The van der Waals surface area contributed by atoms with E-state index in [-0.39, 0.29) is 0 Å². The quantitative estimate of drug-likeness (QED) is 0.875. The monoisotopic (exact) mass is 270 g/mol. The van der Waals surface area contributed by atoms with Crippen LogP contribution in [-0.4, -0.2) is 17.0 Å². The zero-order valence-electron chi connectivity index (χ0n) is 11.3. The summed E-state index contributed by atoms with van der Waals surface area (Å²) >= 11 is 1.82. The SMILES string of the molecule is CC(C)C1CSC(Nc2cccc3ccccc23)=N1. The molecule has 2 aromatic rings. The first-order chi connectivity index (χ1) is 9.24. The van der Waals surface area contributed by atoms with E-state index in [1.165, 1.54) is 10.8 Å². The Kier molecular flexibility index (Phi) is 3.47. The Labute approximate surface area is 118 Å². The minimum atomic E-state index is 0.447. The molecule has 0 aliphatic carbocycles. The molecule has 2 nitrogen and oxygen atoms in total. The van der Waals surface area contributed by atoms with Crippen molar-refractivity contribution in [3.05, 3.63) is 42.5 Å². The minimum Gasteiger partial charge on any atom is -0.334 e. The average Bonchev–Trinajstić information content (AvgIpc) is 2.88. The van der Waals surface area contributed by atoms with E-state index in [1.807, 2.05) is 11.8 Å². The number of thioether (sulfide) groups is 1. The summed E-state index contributed by atoms with van der Waals surface area (Å²) in [5, 5.41) is 7.04. The van der Waals surface area contributed by atoms with E-state index >= 15 is 0 Å². The Balaban J connectivity index is 1.88. The van der Waals surface area contributed by atoms with Crippen molar-refractivity contribution in [2.45, 2.75) is 19.9 Å². The van der Waals surface area contributed by atoms with Crippen molar-refractivity contribution in [1.82, 2.24) is 0 Å². The number of amidine groups is 1. The Morgan fingerprint density at radius 2 is 1.95 bits per heavy atom. The molecular formula is C16H18N2S. The molecular weight excluding hydrogens is 252 g/mol. The fourth-order valence-electron chi connectivity index (χ4n) is 2.25. The summed E-state index contributed by atoms with van der Waals surface area (Å²) in [6.07, 6.45) is 0. The van der Waals surface area contributed by atoms with Crippen LogP contribution in [0.15, 0.2) is 47.5 Å². The molecule has 98 valence electrons. The van der Waals surface area contributed by atoms with Crippen LogP contribution in [0.5, 0.6) is 0 Å². The second-order valence-electron chi connectivity index (χ2n) is 5.21. The Hall–Kier alpha value is -1.48. The van der Waals surface area contributed by atoms with Crippen LogP contribution in [-0.2, 0) is 0 Å². The molecule has 1 heterocycles. The zero-order valence-corrected chi connectivity index (χ0v) is 12.1. The molecule has 0 aromatic heterocycles. The molecule has 3 heteroatoms. The van der Waals surface area contributed by atoms with Gasteiger partial charge in [-0.1, -0.05) is 62.0 Å². The minimum absolute atomic E-state index is 0.447. The summed E-state index contributed by atoms with van der Waals surface area (Å²) in [5.41, 5.74) is 1.15. The van der Waals surface area contributed by atoms with Crippen molar-refractivity contribution in [3.63, 3.8) is 0 Å². The molecule has 3 rings (SSSR count). The van der Waals surface area contributed by atoms with Crippen LogP contribution in [0.25, 0.3) is 10.8 Å². The third kappa shape index (κ3) is 2.61. The largest absolute Gasteiger partial charge is 0.334 e. The Morgan fingerprint density at radius 3 is 2.74 bits per heavy atom. The third-order valence-corrected chi connectivity index (χ3v) is 4.46. The summed E-state index contributed by atoms with van der Waals surface area (Å²) in [5.74, 6) is 1.70. The van der Waals surface area contributed by atoms with Crippen LogP contribution in [0.2, 0.25) is 0 Å². The van der Waals surface area contributed by atoms with Crippen molar-refractivity contribution in [3.8, 4) is 0 Å². The first kappa shape index (κ1) is 12.5. The molecule has 1 aliphatic heterocycles. The van der Waals surface area contributed by atoms with Crippen LogP contribution >= 0.6 is 11.8 Å². The van der Waals surface area contributed by atoms with Crippen LogP contribution in [0.3, 0.4) is 0 Å². The van der Waals surface area contributed by atoms with E-state index in [1.54, 1.807) is 0 Å². The van der Waals surface area contributed by atoms with Gasteiger partial charge in [-0.05, 0) is 17.4 Å². The van der Waals surface area contributed by atoms with Gasteiger partial charge in [0.25, 0.3) is 0 Å². The third-order valence-electron chi connectivity index (χ3n) is 3.47. The number of aliphatic imine (C=N–C) groups is 1. The molecule has 0 spiro atoms. The zero-order chi connectivity index (χ0) is 13.2. The van der Waals surface area contributed by atoms with Gasteiger partial charge in [-0.2, -0.15) is 0 Å². The summed E-state index contributed by atoms with van der Waals surface area (Å²) in [7, 11) is 0. The number of hydrogen-bond acceptors (Lipinski definition) is 3. The normalized spacial score (nSPS) is 18.9. The molecule has 0 fully saturated rings. The van der Waals surface area contributed by atoms with Crippen molar-refractivity contribution < 1.29 is 0 Å². The lowest BCUT2D eigenvalue weighted by Crippen LogP contribution is -2.12. The van der Waals surface area contributed by atoms with E-state index in [4.69, 9.17) is 4.99 Å². The van der Waals surface area contributed by atoms with E-state index in [0.29, 0.717) is 12.0 Å². The highest BCUT2D eigenvalue weighted by Gasteiger charge is 2.21. The maximum Gasteiger partial charge on any atom is 0.161 e. The van der Waals surface area contributed by atoms with Gasteiger partial charge in [0, 0.05) is 16.8 Å². The van der Waals surface area contributed by atoms with E-state index in [0.717, 1.165) is 16.6 Å². The molecule has 19 heavy (non-hydrogen) atoms. The maximum absolute atomic E-state index is 4.76. The van der Waals surface area contributed by atoms with Crippen LogP contribution in [0.1, 0.15) is 13.8 Å². The van der Waals surface area contributed by atoms with Gasteiger partial charge in [0.1, 0.15) is 0 Å². The van der Waals surface area contributed by atoms with E-state index in [2.05, 4.69) is 61.6 Å². The molecule has 0 amide bonds. The molecule has 0 radical (unpaired) electrons. The van der Waals surface area contributed by atoms with Crippen molar-refractivity contribution >= 4 is 33.4 Å². The molecule has 0 bridgehead atoms. The molecule has 1 aliphatic rings. The molecule has 1 atom stereocenters. The van der Waals surface area contributed by atoms with Crippen molar-refractivity contribution in [1.29, 1.82) is 0 Å². The number of nitrogens with one attached hydrogen (secondary N) is 1. The highest BCUT2D eigenvalue weighted by molar-refractivity contribution is 8.14. The lowest BCUT2D eigenvalue weighted by molar-refractivity contribution is 0.543. The number of anilines is 1. The van der Waals surface area contributed by atoms with Crippen LogP contribution in [0, 0.1) is 5.92 Å². The smallest absolute Gasteiger partial charge is 0.161 e. The number of nitrogens with zero attached hydrogens (tertiary/aromatic N) is 1. The number of hydrogen-bond donors (Lipinski definition) is 1. The van der Waals surface area contributed by atoms with E-state index in [9.17, 15) is 0 Å². The first-order valence-electron chi connectivity index (χ1n) is 6.69. The molecule has 0 saturated carbocycles. The summed E-state index contributed by atoms with van der Waals surface area (Å²) < 4.78 is 0. The fourth-order valence-corrected chi connectivity index (χ4v) is 3.43. The highest BCUT2D eigenvalue weighted by atomic mass is 32.2. The summed E-state index contributed by atoms with van der Waals surface area (Å²) in [6.45, 7) is 4.46. The predicted octanol–water partition coefficient (Wildman–Crippen LogP) is 4.38. The predicted molar refractivity (Wildman–Crippen MR) is 86.1 cm³/mol. The molecule has 1 N–H and O–H groups in total. The van der Waals surface area contributed by atoms with Crippen LogP contribution in [0.4, 0.5) is 5.69 Å². The van der Waals surface area contributed by atoms with Crippen molar-refractivity contribution in [2.75, 3.05) is 11.1 Å². The van der Waals surface area contributed by atoms with Gasteiger partial charge in [-0.3, -0.25) is 4.99 Å². The fraction of sp³-hybridized carbons (Fsp3) is 0.312. The van der Waals surface area contributed by atoms with Gasteiger partial charge in [0.2, 0.25) is 0 Å². The van der Waals surface area contributed by atoms with Gasteiger partial charge in [-0.25, -0.2) is 0 Å². The highest BCUT2D eigenvalue weighted by Crippen LogP contribution is 2.28. The maximum atomic E-state index is 4.76. The molecule has 2 aromatic carbocycles. The van der Waals surface area contributed by atoms with E-state index < -0.39 is 0 Å². The second-order valence-corrected chi connectivity index (χ2v) is 6.22. The van der Waals surface area contributed by atoms with Gasteiger partial charge in [0.05, 0.1) is 6.04 Å². The standard InChI is InChI=1S/C16H18N2S/c1-11(2)15-10-19-16(18-15)17-14-9-5-7-12-6-3-4-8-13(12)14/h3-9,11,15H,10H2,1-2H3,(H,17,18). The van der Waals surface area contributed by atoms with Gasteiger partial charge >= 0.3 is 0 Å². The number of benzene rings is 2. The van der Waals surface area contributed by atoms with Gasteiger partial charge < -0.3 is 5.32 Å². The Bertz CT molecular complexity index is 614. The van der Waals surface area contributed by atoms with Crippen LogP contribution < -0.4 is 5.32 Å². The molecule has 0 saturated heterocycles. The molecule has 1 unspecified atom stereocenters. The Morgan fingerprint density at radius 1 is 1.16 bits per heavy atom. The lowest BCUT2D eigenvalue weighted by Gasteiger charge is -2.09. The van der Waals surface area contributed by atoms with Crippen molar-refractivity contribution in [2.24, 2.45) is 10.9 Å². The van der Waals surface area contributed by atoms with Gasteiger partial charge in [0.15, 0.2) is 5.17 Å². The first-order valence-corrected chi connectivity index (χ1v) is 7.68. The second kappa shape index (κ2) is 5.25. The average molecular weight is 270 g/mol. The number of fused-ring (bicyclic) bond motifs is 1. The topological polar surface area (TPSA) is 24.4 Å². The summed E-state index contributed by atoms with van der Waals surface area (Å²) in [4.78, 5) is 4.76. The number of rotatable bonds is 2. The summed E-state index contributed by atoms with van der Waals surface area (Å²) in [6, 6.07) is 15.2. The van der Waals surface area contributed by atoms with Gasteiger partial charge in [-0.15, -0.1) is 0 Å². The lowest BCUT2D eigenvalue weighted by atomic mass is 10.1.